The molecule has 1 heterocycles. The molecule has 0 fully saturated rings. The standard InChI is InChI=1S/C37H57N11O10/c1-19(2)30(37(57)58)48-36(56)28(16-23-17-41-18-42-23)47-34(54)26(12-13-29(40)50)45-31(51)21(4)44-35(55)27(15-22-8-10-24(49)11-9-22)46-32(52)20(3)43-33(53)25(39)7-5-6-14-38/h8-11,17-21,25-28,30,49H,5-7,12-16,38-39H2,1-4H3,(H2,40,50)(H,41,42)(H,43,53)(H,44,55)(H,45,51)(H,46,52)(H,47,54)(H,48,56)(H,57,58)/t20-,21-,25-,26-,27-,28-,30-/m0/s1. The number of primary amides is 1. The molecule has 320 valence electrons. The largest absolute Gasteiger partial charge is 0.508 e. The first kappa shape index (κ1) is 48.1. The number of aromatic hydroxyl groups is 1. The van der Waals surface area contributed by atoms with Crippen LogP contribution < -0.4 is 49.1 Å². The number of nitrogens with one attached hydrogen (secondary N) is 7. The third kappa shape index (κ3) is 16.6. The van der Waals surface area contributed by atoms with Crippen LogP contribution in [0, 0.1) is 5.92 Å². The topological polar surface area (TPSA) is 356 Å². The number of carbonyl (C=O) groups excluding carboxylic acids is 7. The van der Waals surface area contributed by atoms with E-state index in [2.05, 4.69) is 41.9 Å². The number of carbonyl (C=O) groups is 8. The second-order valence-corrected chi connectivity index (χ2v) is 14.3. The summed E-state index contributed by atoms with van der Waals surface area (Å²) < 4.78 is 0. The van der Waals surface area contributed by atoms with Crippen LogP contribution in [0.1, 0.15) is 71.1 Å². The van der Waals surface area contributed by atoms with Gasteiger partial charge in [0.15, 0.2) is 0 Å². The Balaban J connectivity index is 2.24. The first-order chi connectivity index (χ1) is 27.3. The number of hydrogen-bond acceptors (Lipinski definition) is 12. The number of amides is 7. The first-order valence-corrected chi connectivity index (χ1v) is 18.9. The summed E-state index contributed by atoms with van der Waals surface area (Å²) in [5.74, 6) is -7.43. The van der Waals surface area contributed by atoms with Crippen LogP contribution in [-0.2, 0) is 51.2 Å². The van der Waals surface area contributed by atoms with Gasteiger partial charge in [0, 0.05) is 31.2 Å². The van der Waals surface area contributed by atoms with E-state index in [4.69, 9.17) is 17.2 Å². The molecule has 0 aliphatic heterocycles. The Hall–Kier alpha value is -6.09. The van der Waals surface area contributed by atoms with E-state index in [9.17, 15) is 48.6 Å². The van der Waals surface area contributed by atoms with Gasteiger partial charge >= 0.3 is 5.97 Å². The molecule has 0 aliphatic carbocycles. The van der Waals surface area contributed by atoms with Crippen LogP contribution in [0.15, 0.2) is 36.8 Å². The van der Waals surface area contributed by atoms with Gasteiger partial charge in [-0.3, -0.25) is 33.6 Å². The Kier molecular flexibility index (Phi) is 19.8. The molecule has 0 saturated carbocycles. The molecule has 1 aromatic carbocycles. The van der Waals surface area contributed by atoms with E-state index < -0.39 is 95.5 Å². The average molecular weight is 816 g/mol. The molecule has 2 rings (SSSR count). The van der Waals surface area contributed by atoms with Crippen LogP contribution in [0.5, 0.6) is 5.75 Å². The zero-order valence-electron chi connectivity index (χ0n) is 33.1. The number of aliphatic carboxylic acids is 1. The van der Waals surface area contributed by atoms with E-state index in [0.29, 0.717) is 37.1 Å². The van der Waals surface area contributed by atoms with Crippen LogP contribution in [0.4, 0.5) is 0 Å². The number of carboxylic acid groups (broad SMARTS) is 1. The fraction of sp³-hybridized carbons (Fsp3) is 0.541. The summed E-state index contributed by atoms with van der Waals surface area (Å²) in [7, 11) is 0. The van der Waals surface area contributed by atoms with Crippen molar-refractivity contribution in [2.45, 2.75) is 115 Å². The molecule has 2 aromatic rings. The number of imidazole rings is 1. The molecule has 21 heteroatoms. The zero-order chi connectivity index (χ0) is 43.5. The minimum absolute atomic E-state index is 0.0404. The molecule has 7 amide bonds. The number of nitrogens with two attached hydrogens (primary N) is 3. The van der Waals surface area contributed by atoms with Crippen LogP contribution >= 0.6 is 0 Å². The quantitative estimate of drug-likeness (QED) is 0.0455. The minimum atomic E-state index is -1.46. The molecule has 15 N–H and O–H groups in total. The summed E-state index contributed by atoms with van der Waals surface area (Å²) in [4.78, 5) is 110. The van der Waals surface area contributed by atoms with E-state index in [1.54, 1.807) is 13.8 Å². The molecule has 7 atom stereocenters. The van der Waals surface area contributed by atoms with E-state index in [1.807, 2.05) is 0 Å². The second-order valence-electron chi connectivity index (χ2n) is 14.3. The maximum Gasteiger partial charge on any atom is 0.326 e. The highest BCUT2D eigenvalue weighted by molar-refractivity contribution is 5.97. The Labute approximate surface area is 335 Å². The third-order valence-electron chi connectivity index (χ3n) is 8.97. The lowest BCUT2D eigenvalue weighted by molar-refractivity contribution is -0.143. The number of aromatic nitrogens is 2. The lowest BCUT2D eigenvalue weighted by Gasteiger charge is -2.26. The van der Waals surface area contributed by atoms with Gasteiger partial charge in [-0.15, -0.1) is 0 Å². The summed E-state index contributed by atoms with van der Waals surface area (Å²) in [6.45, 7) is 6.32. The molecule has 0 saturated heterocycles. The van der Waals surface area contributed by atoms with Gasteiger partial charge in [-0.1, -0.05) is 32.4 Å². The molecule has 21 nitrogen and oxygen atoms in total. The summed E-state index contributed by atoms with van der Waals surface area (Å²) in [6, 6.07) is -2.95. The Morgan fingerprint density at radius 3 is 1.78 bits per heavy atom. The summed E-state index contributed by atoms with van der Waals surface area (Å²) in [5.41, 5.74) is 17.7. The normalized spacial score (nSPS) is 14.7. The van der Waals surface area contributed by atoms with Crippen molar-refractivity contribution < 1.29 is 48.6 Å². The molecule has 0 aliphatic rings. The lowest BCUT2D eigenvalue weighted by Crippen LogP contribution is -2.59. The van der Waals surface area contributed by atoms with Gasteiger partial charge in [0.25, 0.3) is 0 Å². The number of phenols is 1. The fourth-order valence-electron chi connectivity index (χ4n) is 5.50. The van der Waals surface area contributed by atoms with Gasteiger partial charge in [0.2, 0.25) is 41.4 Å². The van der Waals surface area contributed by atoms with Crippen molar-refractivity contribution in [1.29, 1.82) is 0 Å². The van der Waals surface area contributed by atoms with Crippen molar-refractivity contribution in [3.05, 3.63) is 48.0 Å². The summed E-state index contributed by atoms with van der Waals surface area (Å²) >= 11 is 0. The van der Waals surface area contributed by atoms with Crippen molar-refractivity contribution in [3.63, 3.8) is 0 Å². The smallest absolute Gasteiger partial charge is 0.326 e. The molecule has 1 aromatic heterocycles. The van der Waals surface area contributed by atoms with Crippen molar-refractivity contribution in [3.8, 4) is 5.75 Å². The highest BCUT2D eigenvalue weighted by Crippen LogP contribution is 2.12. The van der Waals surface area contributed by atoms with E-state index >= 15 is 0 Å². The molecular weight excluding hydrogens is 758 g/mol. The summed E-state index contributed by atoms with van der Waals surface area (Å²) in [5, 5.41) is 34.3. The SMILES string of the molecule is CC(C)[C@H](NC(=O)[C@H](Cc1cnc[nH]1)NC(=O)[C@H](CCC(N)=O)NC(=O)[C@H](C)NC(=O)[C@H](Cc1ccc(O)cc1)NC(=O)[C@H](C)NC(=O)[C@@H](N)CCCCN)C(=O)O. The molecule has 0 radical (unpaired) electrons. The highest BCUT2D eigenvalue weighted by Gasteiger charge is 2.33. The zero-order valence-corrected chi connectivity index (χ0v) is 33.1. The number of hydrogen-bond donors (Lipinski definition) is 12. The minimum Gasteiger partial charge on any atom is -0.508 e. The fourth-order valence-corrected chi connectivity index (χ4v) is 5.50. The maximum atomic E-state index is 13.6. The predicted molar refractivity (Wildman–Crippen MR) is 209 cm³/mol. The van der Waals surface area contributed by atoms with Crippen molar-refractivity contribution in [2.75, 3.05) is 6.54 Å². The van der Waals surface area contributed by atoms with Gasteiger partial charge < -0.3 is 64.3 Å². The van der Waals surface area contributed by atoms with Gasteiger partial charge in [-0.05, 0) is 63.3 Å². The third-order valence-corrected chi connectivity index (χ3v) is 8.97. The van der Waals surface area contributed by atoms with Crippen LogP contribution in [-0.4, -0.2) is 116 Å². The van der Waals surface area contributed by atoms with Crippen LogP contribution in [0.2, 0.25) is 0 Å². The second kappa shape index (κ2) is 23.9. The Morgan fingerprint density at radius 1 is 0.707 bits per heavy atom. The number of aromatic amines is 1. The molecule has 0 bridgehead atoms. The van der Waals surface area contributed by atoms with Gasteiger partial charge in [-0.2, -0.15) is 0 Å². The molecule has 0 unspecified atom stereocenters. The van der Waals surface area contributed by atoms with Crippen LogP contribution in [0.3, 0.4) is 0 Å². The molecule has 58 heavy (non-hydrogen) atoms. The van der Waals surface area contributed by atoms with Gasteiger partial charge in [0.1, 0.15) is 42.0 Å². The predicted octanol–water partition coefficient (Wildman–Crippen LogP) is -2.69. The monoisotopic (exact) mass is 815 g/mol. The number of phenolic OH excluding ortho intramolecular Hbond substituents is 1. The van der Waals surface area contributed by atoms with E-state index in [-0.39, 0.29) is 31.4 Å². The summed E-state index contributed by atoms with van der Waals surface area (Å²) in [6.07, 6.45) is 3.44. The number of benzene rings is 1. The average Bonchev–Trinajstić information content (AvgIpc) is 3.68. The van der Waals surface area contributed by atoms with Crippen molar-refractivity contribution >= 4 is 47.3 Å². The first-order valence-electron chi connectivity index (χ1n) is 18.9. The van der Waals surface area contributed by atoms with Crippen molar-refractivity contribution in [2.24, 2.45) is 23.1 Å². The van der Waals surface area contributed by atoms with Gasteiger partial charge in [-0.25, -0.2) is 9.78 Å². The van der Waals surface area contributed by atoms with E-state index in [1.165, 1.54) is 50.6 Å². The lowest BCUT2D eigenvalue weighted by atomic mass is 10.0. The number of carboxylic acids is 1. The van der Waals surface area contributed by atoms with Crippen molar-refractivity contribution in [1.82, 2.24) is 41.9 Å². The Bertz CT molecular complexity index is 1710. The number of unbranched alkanes of at least 4 members (excludes halogenated alkanes) is 1. The molecular formula is C37H57N11O10. The highest BCUT2D eigenvalue weighted by atomic mass is 16.4. The molecule has 0 spiro atoms. The van der Waals surface area contributed by atoms with E-state index in [0.717, 1.165) is 0 Å². The van der Waals surface area contributed by atoms with Gasteiger partial charge in [0.05, 0.1) is 12.4 Å². The number of nitrogens with zero attached hydrogens (tertiary/aromatic N) is 1. The number of H-pyrrole nitrogens is 1. The Morgan fingerprint density at radius 2 is 1.24 bits per heavy atom. The van der Waals surface area contributed by atoms with Crippen LogP contribution in [0.25, 0.3) is 0 Å². The maximum absolute atomic E-state index is 13.6. The number of rotatable bonds is 25.